The van der Waals surface area contributed by atoms with E-state index in [9.17, 15) is 17.2 Å². The van der Waals surface area contributed by atoms with Crippen LogP contribution in [0.15, 0.2) is 23.1 Å². The summed E-state index contributed by atoms with van der Waals surface area (Å²) in [6.45, 7) is 1.58. The van der Waals surface area contributed by atoms with Crippen LogP contribution in [0.2, 0.25) is 0 Å². The standard InChI is InChI=1S/C11H11F2NO2S/c1-2-9(5-6-14)17(15,16)11-7-8(12)3-4-10(11)13/h3-4,7,9H,2,5H2,1H3. The molecular weight excluding hydrogens is 248 g/mol. The van der Waals surface area contributed by atoms with Gasteiger partial charge >= 0.3 is 0 Å². The van der Waals surface area contributed by atoms with E-state index in [-0.39, 0.29) is 12.8 Å². The van der Waals surface area contributed by atoms with Crippen molar-refractivity contribution in [3.63, 3.8) is 0 Å². The first-order chi connectivity index (χ1) is 7.93. The van der Waals surface area contributed by atoms with Crippen LogP contribution in [-0.2, 0) is 9.84 Å². The number of hydrogen-bond donors (Lipinski definition) is 0. The molecule has 0 amide bonds. The van der Waals surface area contributed by atoms with E-state index in [1.54, 1.807) is 13.0 Å². The molecule has 0 aliphatic rings. The van der Waals surface area contributed by atoms with Gasteiger partial charge in [0.15, 0.2) is 9.84 Å². The topological polar surface area (TPSA) is 57.9 Å². The van der Waals surface area contributed by atoms with E-state index in [1.807, 2.05) is 0 Å². The van der Waals surface area contributed by atoms with Crippen molar-refractivity contribution in [1.82, 2.24) is 0 Å². The van der Waals surface area contributed by atoms with Crippen LogP contribution in [-0.4, -0.2) is 13.7 Å². The van der Waals surface area contributed by atoms with Crippen molar-refractivity contribution >= 4 is 9.84 Å². The van der Waals surface area contributed by atoms with E-state index in [0.29, 0.717) is 6.07 Å². The highest BCUT2D eigenvalue weighted by molar-refractivity contribution is 7.92. The van der Waals surface area contributed by atoms with Crippen molar-refractivity contribution in [1.29, 1.82) is 5.26 Å². The first-order valence-corrected chi connectivity index (χ1v) is 6.54. The van der Waals surface area contributed by atoms with Crippen molar-refractivity contribution in [2.24, 2.45) is 0 Å². The summed E-state index contributed by atoms with van der Waals surface area (Å²) in [5, 5.41) is 7.51. The third kappa shape index (κ3) is 2.80. The molecule has 3 nitrogen and oxygen atoms in total. The molecule has 0 fully saturated rings. The lowest BCUT2D eigenvalue weighted by Crippen LogP contribution is -2.21. The lowest BCUT2D eigenvalue weighted by molar-refractivity contribution is 0.543. The molecule has 1 atom stereocenters. The number of halogens is 2. The molecule has 0 heterocycles. The van der Waals surface area contributed by atoms with E-state index in [0.717, 1.165) is 12.1 Å². The fraction of sp³-hybridized carbons (Fsp3) is 0.364. The Morgan fingerprint density at radius 1 is 1.41 bits per heavy atom. The minimum Gasteiger partial charge on any atom is -0.223 e. The van der Waals surface area contributed by atoms with Gasteiger partial charge in [-0.1, -0.05) is 6.92 Å². The molecule has 0 bridgehead atoms. The molecule has 0 radical (unpaired) electrons. The molecule has 0 spiro atoms. The second-order valence-corrected chi connectivity index (χ2v) is 5.71. The van der Waals surface area contributed by atoms with Gasteiger partial charge in [0.1, 0.15) is 16.5 Å². The van der Waals surface area contributed by atoms with Gasteiger partial charge in [-0.2, -0.15) is 5.26 Å². The van der Waals surface area contributed by atoms with Gasteiger partial charge in [0.25, 0.3) is 0 Å². The first-order valence-electron chi connectivity index (χ1n) is 4.99. The summed E-state index contributed by atoms with van der Waals surface area (Å²) in [5.74, 6) is -1.82. The van der Waals surface area contributed by atoms with Crippen LogP contribution in [0.25, 0.3) is 0 Å². The van der Waals surface area contributed by atoms with E-state index < -0.39 is 31.6 Å². The van der Waals surface area contributed by atoms with Gasteiger partial charge in [-0.15, -0.1) is 0 Å². The molecule has 1 aromatic rings. The van der Waals surface area contributed by atoms with Gasteiger partial charge in [0, 0.05) is 0 Å². The Kier molecular flexibility index (Phi) is 4.18. The normalized spacial score (nSPS) is 13.1. The maximum atomic E-state index is 13.4. The average Bonchev–Trinajstić information content (AvgIpc) is 2.28. The summed E-state index contributed by atoms with van der Waals surface area (Å²) in [6, 6.07) is 3.99. The number of benzene rings is 1. The van der Waals surface area contributed by atoms with E-state index in [2.05, 4.69) is 0 Å². The van der Waals surface area contributed by atoms with Crippen molar-refractivity contribution in [3.05, 3.63) is 29.8 Å². The van der Waals surface area contributed by atoms with E-state index in [1.165, 1.54) is 0 Å². The zero-order valence-corrected chi connectivity index (χ0v) is 9.97. The Labute approximate surface area is 98.6 Å². The van der Waals surface area contributed by atoms with E-state index in [4.69, 9.17) is 5.26 Å². The Morgan fingerprint density at radius 2 is 2.06 bits per heavy atom. The van der Waals surface area contributed by atoms with Gasteiger partial charge in [-0.25, -0.2) is 17.2 Å². The molecule has 0 N–H and O–H groups in total. The molecular formula is C11H11F2NO2S. The molecule has 0 aliphatic carbocycles. The number of nitriles is 1. The lowest BCUT2D eigenvalue weighted by Gasteiger charge is -2.13. The largest absolute Gasteiger partial charge is 0.223 e. The molecule has 0 saturated heterocycles. The maximum Gasteiger partial charge on any atom is 0.185 e. The fourth-order valence-electron chi connectivity index (χ4n) is 1.45. The smallest absolute Gasteiger partial charge is 0.185 e. The van der Waals surface area contributed by atoms with Crippen LogP contribution in [0, 0.1) is 23.0 Å². The zero-order chi connectivity index (χ0) is 13.1. The Morgan fingerprint density at radius 3 is 2.59 bits per heavy atom. The third-order valence-electron chi connectivity index (χ3n) is 2.41. The minimum absolute atomic E-state index is 0.172. The van der Waals surface area contributed by atoms with Crippen LogP contribution in [0.4, 0.5) is 8.78 Å². The molecule has 1 aromatic carbocycles. The molecule has 6 heteroatoms. The summed E-state index contributed by atoms with van der Waals surface area (Å²) in [5.41, 5.74) is 0. The number of hydrogen-bond acceptors (Lipinski definition) is 3. The van der Waals surface area contributed by atoms with Crippen LogP contribution in [0.3, 0.4) is 0 Å². The predicted octanol–water partition coefficient (Wildman–Crippen LogP) is 2.43. The van der Waals surface area contributed by atoms with E-state index >= 15 is 0 Å². The molecule has 0 aromatic heterocycles. The minimum atomic E-state index is -4.00. The Bertz CT molecular complexity index is 549. The van der Waals surface area contributed by atoms with Gasteiger partial charge in [-0.3, -0.25) is 0 Å². The molecule has 17 heavy (non-hydrogen) atoms. The number of nitrogens with zero attached hydrogens (tertiary/aromatic N) is 1. The Balaban J connectivity index is 3.30. The van der Waals surface area contributed by atoms with Crippen LogP contribution >= 0.6 is 0 Å². The SMILES string of the molecule is CCC(CC#N)S(=O)(=O)c1cc(F)ccc1F. The van der Waals surface area contributed by atoms with Crippen molar-refractivity contribution < 1.29 is 17.2 Å². The summed E-state index contributed by atoms with van der Waals surface area (Å²) < 4.78 is 50.2. The molecule has 1 rings (SSSR count). The van der Waals surface area contributed by atoms with Crippen LogP contribution < -0.4 is 0 Å². The van der Waals surface area contributed by atoms with Gasteiger partial charge < -0.3 is 0 Å². The van der Waals surface area contributed by atoms with Gasteiger partial charge in [-0.05, 0) is 24.6 Å². The second kappa shape index (κ2) is 5.23. The van der Waals surface area contributed by atoms with Gasteiger partial charge in [0.2, 0.25) is 0 Å². The summed E-state index contributed by atoms with van der Waals surface area (Å²) in [7, 11) is -4.00. The van der Waals surface area contributed by atoms with Gasteiger partial charge in [0.05, 0.1) is 17.7 Å². The fourth-order valence-corrected chi connectivity index (χ4v) is 3.16. The number of sulfone groups is 1. The third-order valence-corrected chi connectivity index (χ3v) is 4.72. The molecule has 92 valence electrons. The highest BCUT2D eigenvalue weighted by Gasteiger charge is 2.28. The zero-order valence-electron chi connectivity index (χ0n) is 9.15. The average molecular weight is 259 g/mol. The lowest BCUT2D eigenvalue weighted by atomic mass is 10.3. The predicted molar refractivity (Wildman–Crippen MR) is 57.9 cm³/mol. The summed E-state index contributed by atoms with van der Waals surface area (Å²) >= 11 is 0. The molecule has 0 aliphatic heterocycles. The van der Waals surface area contributed by atoms with Crippen molar-refractivity contribution in [3.8, 4) is 6.07 Å². The quantitative estimate of drug-likeness (QED) is 0.834. The first kappa shape index (κ1) is 13.6. The highest BCUT2D eigenvalue weighted by atomic mass is 32.2. The summed E-state index contributed by atoms with van der Waals surface area (Å²) in [4.78, 5) is -0.681. The molecule has 0 saturated carbocycles. The van der Waals surface area contributed by atoms with Crippen LogP contribution in [0.5, 0.6) is 0 Å². The Hall–Kier alpha value is -1.48. The van der Waals surface area contributed by atoms with Crippen LogP contribution in [0.1, 0.15) is 19.8 Å². The highest BCUT2D eigenvalue weighted by Crippen LogP contribution is 2.23. The van der Waals surface area contributed by atoms with Crippen molar-refractivity contribution in [2.75, 3.05) is 0 Å². The van der Waals surface area contributed by atoms with Crippen molar-refractivity contribution in [2.45, 2.75) is 29.9 Å². The monoisotopic (exact) mass is 259 g/mol. The maximum absolute atomic E-state index is 13.4. The number of rotatable bonds is 4. The summed E-state index contributed by atoms with van der Waals surface area (Å²) in [6.07, 6.45) is -0.0688. The molecule has 1 unspecified atom stereocenters. The second-order valence-electron chi connectivity index (χ2n) is 3.51.